The van der Waals surface area contributed by atoms with Crippen LogP contribution in [-0.4, -0.2) is 78.4 Å². The number of hydrogen-bond donors (Lipinski definition) is 2. The Hall–Kier alpha value is -1.96. The van der Waals surface area contributed by atoms with Gasteiger partial charge in [-0.25, -0.2) is 10.9 Å². The lowest BCUT2D eigenvalue weighted by Crippen LogP contribution is -2.55. The second-order valence-electron chi connectivity index (χ2n) is 8.44. The van der Waals surface area contributed by atoms with Crippen LogP contribution in [0.4, 0.5) is 0 Å². The van der Waals surface area contributed by atoms with Crippen LogP contribution in [0.3, 0.4) is 0 Å². The van der Waals surface area contributed by atoms with Gasteiger partial charge in [0.2, 0.25) is 11.8 Å². The Morgan fingerprint density at radius 2 is 1.52 bits per heavy atom. The summed E-state index contributed by atoms with van der Waals surface area (Å²) in [5.41, 5.74) is 7.64. The fourth-order valence-electron chi connectivity index (χ4n) is 4.58. The highest BCUT2D eigenvalue weighted by molar-refractivity contribution is 5.82. The van der Waals surface area contributed by atoms with E-state index in [4.69, 9.17) is 0 Å². The molecular weight excluding hydrogens is 366 g/mol. The van der Waals surface area contributed by atoms with E-state index in [9.17, 15) is 9.59 Å². The summed E-state index contributed by atoms with van der Waals surface area (Å²) in [5.74, 6) is 0.411. The van der Waals surface area contributed by atoms with Crippen molar-refractivity contribution in [2.24, 2.45) is 0 Å². The summed E-state index contributed by atoms with van der Waals surface area (Å²) in [7, 11) is 0. The van der Waals surface area contributed by atoms with E-state index in [1.807, 2.05) is 28.0 Å². The molecule has 1 aromatic rings. The van der Waals surface area contributed by atoms with E-state index < -0.39 is 0 Å². The van der Waals surface area contributed by atoms with Crippen molar-refractivity contribution in [3.05, 3.63) is 35.9 Å². The standard InChI is InChI=1S/C22H33N5O2/c28-21(26-10-6-1-2-7-11-26)17-25-12-14-27(15-13-25)22(29)20-16-19(23-24-20)18-8-4-3-5-9-18/h3-5,8-9,19-20,23-24H,1-2,6-7,10-17H2. The molecular formula is C22H33N5O2. The molecule has 0 saturated carbocycles. The Balaban J connectivity index is 1.22. The molecule has 3 fully saturated rings. The first kappa shape index (κ1) is 20.3. The molecule has 0 spiro atoms. The predicted molar refractivity (Wildman–Crippen MR) is 112 cm³/mol. The van der Waals surface area contributed by atoms with Gasteiger partial charge in [0.15, 0.2) is 0 Å². The van der Waals surface area contributed by atoms with Gasteiger partial charge in [0.05, 0.1) is 6.54 Å². The van der Waals surface area contributed by atoms with E-state index in [1.165, 1.54) is 18.4 Å². The van der Waals surface area contributed by atoms with Crippen molar-refractivity contribution in [3.8, 4) is 0 Å². The first-order valence-corrected chi connectivity index (χ1v) is 11.1. The van der Waals surface area contributed by atoms with E-state index in [0.29, 0.717) is 19.6 Å². The first-order chi connectivity index (χ1) is 14.2. The van der Waals surface area contributed by atoms with Crippen LogP contribution in [0.15, 0.2) is 30.3 Å². The normalized spacial score (nSPS) is 26.3. The molecule has 29 heavy (non-hydrogen) atoms. The number of nitrogens with zero attached hydrogens (tertiary/aromatic N) is 3. The van der Waals surface area contributed by atoms with Gasteiger partial charge in [0.1, 0.15) is 6.04 Å². The quantitative estimate of drug-likeness (QED) is 0.795. The number of likely N-dealkylation sites (tertiary alicyclic amines) is 1. The summed E-state index contributed by atoms with van der Waals surface area (Å²) in [6.07, 6.45) is 5.48. The van der Waals surface area contributed by atoms with Crippen LogP contribution in [0.2, 0.25) is 0 Å². The minimum atomic E-state index is -0.189. The van der Waals surface area contributed by atoms with E-state index in [1.54, 1.807) is 0 Å². The van der Waals surface area contributed by atoms with E-state index >= 15 is 0 Å². The molecule has 3 heterocycles. The number of hydrazine groups is 1. The van der Waals surface area contributed by atoms with Gasteiger partial charge in [-0.15, -0.1) is 0 Å². The third kappa shape index (κ3) is 5.15. The number of benzene rings is 1. The summed E-state index contributed by atoms with van der Waals surface area (Å²) in [5, 5.41) is 0. The van der Waals surface area contributed by atoms with E-state index in [0.717, 1.165) is 45.4 Å². The summed E-state index contributed by atoms with van der Waals surface area (Å²) in [6.45, 7) is 5.23. The van der Waals surface area contributed by atoms with Crippen LogP contribution >= 0.6 is 0 Å². The third-order valence-corrected chi connectivity index (χ3v) is 6.40. The van der Waals surface area contributed by atoms with Crippen molar-refractivity contribution in [2.75, 3.05) is 45.8 Å². The van der Waals surface area contributed by atoms with Gasteiger partial charge < -0.3 is 9.80 Å². The molecule has 3 aliphatic heterocycles. The van der Waals surface area contributed by atoms with Gasteiger partial charge in [0.25, 0.3) is 0 Å². The molecule has 0 bridgehead atoms. The zero-order valence-electron chi connectivity index (χ0n) is 17.2. The highest BCUT2D eigenvalue weighted by Gasteiger charge is 2.34. The SMILES string of the molecule is O=C(CN1CCN(C(=O)C2CC(c3ccccc3)NN2)CC1)N1CCCCCC1. The fourth-order valence-corrected chi connectivity index (χ4v) is 4.58. The van der Waals surface area contributed by atoms with Crippen molar-refractivity contribution in [3.63, 3.8) is 0 Å². The number of piperazine rings is 1. The van der Waals surface area contributed by atoms with Crippen molar-refractivity contribution < 1.29 is 9.59 Å². The van der Waals surface area contributed by atoms with Crippen LogP contribution in [-0.2, 0) is 9.59 Å². The highest BCUT2D eigenvalue weighted by Crippen LogP contribution is 2.23. The lowest BCUT2D eigenvalue weighted by molar-refractivity contribution is -0.136. The Bertz CT molecular complexity index is 682. The zero-order chi connectivity index (χ0) is 20.1. The second-order valence-corrected chi connectivity index (χ2v) is 8.44. The van der Waals surface area contributed by atoms with Crippen molar-refractivity contribution >= 4 is 11.8 Å². The molecule has 7 nitrogen and oxygen atoms in total. The molecule has 2 N–H and O–H groups in total. The third-order valence-electron chi connectivity index (χ3n) is 6.40. The van der Waals surface area contributed by atoms with Crippen LogP contribution in [0.25, 0.3) is 0 Å². The largest absolute Gasteiger partial charge is 0.342 e. The fraction of sp³-hybridized carbons (Fsp3) is 0.636. The smallest absolute Gasteiger partial charge is 0.241 e. The predicted octanol–water partition coefficient (Wildman–Crippen LogP) is 1.14. The lowest BCUT2D eigenvalue weighted by Gasteiger charge is -2.36. The lowest BCUT2D eigenvalue weighted by atomic mass is 10.0. The molecule has 2 amide bonds. The van der Waals surface area contributed by atoms with Gasteiger partial charge in [-0.3, -0.25) is 14.5 Å². The van der Waals surface area contributed by atoms with Gasteiger partial charge >= 0.3 is 0 Å². The van der Waals surface area contributed by atoms with Crippen LogP contribution in [0.1, 0.15) is 43.7 Å². The summed E-state index contributed by atoms with van der Waals surface area (Å²) in [6, 6.07) is 10.2. The van der Waals surface area contributed by atoms with Crippen molar-refractivity contribution in [1.29, 1.82) is 0 Å². The Labute approximate surface area is 173 Å². The second kappa shape index (κ2) is 9.69. The van der Waals surface area contributed by atoms with Gasteiger partial charge in [-0.2, -0.15) is 0 Å². The molecule has 3 aliphatic rings. The first-order valence-electron chi connectivity index (χ1n) is 11.1. The van der Waals surface area contributed by atoms with E-state index in [-0.39, 0.29) is 23.9 Å². The molecule has 158 valence electrons. The molecule has 0 aliphatic carbocycles. The summed E-state index contributed by atoms with van der Waals surface area (Å²) < 4.78 is 0. The van der Waals surface area contributed by atoms with Crippen LogP contribution in [0.5, 0.6) is 0 Å². The number of rotatable bonds is 4. The van der Waals surface area contributed by atoms with Crippen LogP contribution in [0, 0.1) is 0 Å². The maximum absolute atomic E-state index is 12.9. The summed E-state index contributed by atoms with van der Waals surface area (Å²) >= 11 is 0. The molecule has 2 atom stereocenters. The number of hydrogen-bond acceptors (Lipinski definition) is 5. The van der Waals surface area contributed by atoms with E-state index in [2.05, 4.69) is 27.9 Å². The van der Waals surface area contributed by atoms with Gasteiger partial charge in [0, 0.05) is 45.3 Å². The zero-order valence-corrected chi connectivity index (χ0v) is 17.2. The van der Waals surface area contributed by atoms with Crippen molar-refractivity contribution in [1.82, 2.24) is 25.6 Å². The summed E-state index contributed by atoms with van der Waals surface area (Å²) in [4.78, 5) is 31.7. The highest BCUT2D eigenvalue weighted by atomic mass is 16.2. The molecule has 7 heteroatoms. The van der Waals surface area contributed by atoms with Crippen LogP contribution < -0.4 is 10.9 Å². The molecule has 1 aromatic carbocycles. The minimum Gasteiger partial charge on any atom is -0.342 e. The number of carbonyl (C=O) groups excluding carboxylic acids is 2. The number of carbonyl (C=O) groups is 2. The molecule has 3 saturated heterocycles. The molecule has 2 unspecified atom stereocenters. The Kier molecular flexibility index (Phi) is 6.79. The molecule has 4 rings (SSSR count). The average Bonchev–Trinajstić information content (AvgIpc) is 3.09. The number of nitrogens with one attached hydrogen (secondary N) is 2. The van der Waals surface area contributed by atoms with Gasteiger partial charge in [-0.05, 0) is 24.8 Å². The topological polar surface area (TPSA) is 67.9 Å². The maximum Gasteiger partial charge on any atom is 0.241 e. The minimum absolute atomic E-state index is 0.162. The Morgan fingerprint density at radius 3 is 2.21 bits per heavy atom. The van der Waals surface area contributed by atoms with Crippen molar-refractivity contribution in [2.45, 2.75) is 44.2 Å². The average molecular weight is 400 g/mol. The molecule has 0 aromatic heterocycles. The molecule has 0 radical (unpaired) electrons. The monoisotopic (exact) mass is 399 g/mol. The van der Waals surface area contributed by atoms with Gasteiger partial charge in [-0.1, -0.05) is 43.2 Å². The number of amides is 2. The maximum atomic E-state index is 12.9. The Morgan fingerprint density at radius 1 is 0.828 bits per heavy atom.